The largest absolute Gasteiger partial charge is 0.302 e. The van der Waals surface area contributed by atoms with Crippen molar-refractivity contribution in [1.82, 2.24) is 4.98 Å². The monoisotopic (exact) mass is 371 g/mol. The van der Waals surface area contributed by atoms with E-state index in [1.165, 1.54) is 11.3 Å². The van der Waals surface area contributed by atoms with Gasteiger partial charge in [-0.3, -0.25) is 9.52 Å². The molecule has 1 amide bonds. The summed E-state index contributed by atoms with van der Waals surface area (Å²) in [5.41, 5.74) is 2.09. The summed E-state index contributed by atoms with van der Waals surface area (Å²) in [6, 6.07) is 6.91. The van der Waals surface area contributed by atoms with Crippen LogP contribution in [-0.2, 0) is 14.8 Å². The second kappa shape index (κ2) is 7.80. The van der Waals surface area contributed by atoms with Crippen LogP contribution in [0.4, 0.5) is 10.8 Å². The summed E-state index contributed by atoms with van der Waals surface area (Å²) in [5, 5.41) is 5.18. The van der Waals surface area contributed by atoms with Gasteiger partial charge in [0.05, 0.1) is 11.9 Å². The number of hydrogen-bond acceptors (Lipinski definition) is 6. The van der Waals surface area contributed by atoms with Crippen molar-refractivity contribution in [2.24, 2.45) is 0 Å². The lowest BCUT2D eigenvalue weighted by atomic mass is 10.1. The first-order chi connectivity index (χ1) is 10.9. The van der Waals surface area contributed by atoms with Crippen LogP contribution in [0.2, 0.25) is 0 Å². The molecule has 124 valence electrons. The van der Waals surface area contributed by atoms with E-state index in [-0.39, 0.29) is 5.91 Å². The molecule has 0 atom stereocenters. The molecule has 0 aliphatic carbocycles. The zero-order chi connectivity index (χ0) is 16.9. The van der Waals surface area contributed by atoms with E-state index in [9.17, 15) is 13.2 Å². The Morgan fingerprint density at radius 3 is 2.61 bits per heavy atom. The number of rotatable bonds is 7. The maximum Gasteiger partial charge on any atom is 0.229 e. The number of nitrogens with one attached hydrogen (secondary N) is 2. The number of carbonyl (C=O) groups excluding carboxylic acids is 1. The average Bonchev–Trinajstić information content (AvgIpc) is 2.92. The second-order valence-electron chi connectivity index (χ2n) is 4.78. The van der Waals surface area contributed by atoms with Gasteiger partial charge < -0.3 is 5.32 Å². The number of carbonyl (C=O) groups is 1. The Kier molecular flexibility index (Phi) is 6.03. The average molecular weight is 372 g/mol. The van der Waals surface area contributed by atoms with Gasteiger partial charge in [0.15, 0.2) is 5.13 Å². The fourth-order valence-corrected chi connectivity index (χ4v) is 3.45. The molecule has 9 heteroatoms. The van der Waals surface area contributed by atoms with Crippen LogP contribution in [0.1, 0.15) is 6.42 Å². The normalized spacial score (nSPS) is 11.2. The Bertz CT molecular complexity index is 770. The van der Waals surface area contributed by atoms with Crippen molar-refractivity contribution >= 4 is 49.8 Å². The van der Waals surface area contributed by atoms with Gasteiger partial charge in [0.25, 0.3) is 0 Å². The molecule has 1 aromatic carbocycles. The Hall–Kier alpha value is -1.58. The quantitative estimate of drug-likeness (QED) is 0.781. The molecule has 0 saturated carbocycles. The summed E-state index contributed by atoms with van der Waals surface area (Å²) in [4.78, 5) is 16.0. The van der Waals surface area contributed by atoms with Crippen molar-refractivity contribution in [3.63, 3.8) is 0 Å². The van der Waals surface area contributed by atoms with Crippen LogP contribution < -0.4 is 10.0 Å². The number of amides is 1. The zero-order valence-electron chi connectivity index (χ0n) is 12.7. The molecule has 0 bridgehead atoms. The minimum Gasteiger partial charge on any atom is -0.302 e. The molecule has 23 heavy (non-hydrogen) atoms. The van der Waals surface area contributed by atoms with E-state index in [1.807, 2.05) is 11.6 Å². The molecule has 0 radical (unpaired) electrons. The standard InChI is InChI=1S/C14H17N3O3S3/c1-21-8-7-13(18)16-14-15-12(9-22-14)10-3-5-11(6-4-10)17-23(2,19)20/h3-6,9,17H,7-8H2,1-2H3,(H,15,16,18). The molecule has 2 N–H and O–H groups in total. The molecule has 0 saturated heterocycles. The molecule has 1 heterocycles. The molecular weight excluding hydrogens is 354 g/mol. The van der Waals surface area contributed by atoms with E-state index in [0.29, 0.717) is 17.2 Å². The van der Waals surface area contributed by atoms with Gasteiger partial charge >= 0.3 is 0 Å². The first-order valence-electron chi connectivity index (χ1n) is 6.70. The maximum atomic E-state index is 11.7. The number of benzene rings is 1. The first-order valence-corrected chi connectivity index (χ1v) is 10.9. The molecule has 0 spiro atoms. The van der Waals surface area contributed by atoms with Gasteiger partial charge in [-0.1, -0.05) is 12.1 Å². The Morgan fingerprint density at radius 1 is 1.30 bits per heavy atom. The maximum absolute atomic E-state index is 11.7. The molecule has 1 aromatic heterocycles. The molecule has 2 aromatic rings. The highest BCUT2D eigenvalue weighted by Gasteiger charge is 2.08. The van der Waals surface area contributed by atoms with E-state index >= 15 is 0 Å². The van der Waals surface area contributed by atoms with Gasteiger partial charge in [-0.2, -0.15) is 11.8 Å². The molecular formula is C14H17N3O3S3. The Morgan fingerprint density at radius 2 is 2.00 bits per heavy atom. The van der Waals surface area contributed by atoms with E-state index in [0.717, 1.165) is 23.3 Å². The first kappa shape index (κ1) is 17.8. The summed E-state index contributed by atoms with van der Waals surface area (Å²) in [7, 11) is -3.28. The molecule has 0 fully saturated rings. The number of thioether (sulfide) groups is 1. The lowest BCUT2D eigenvalue weighted by Crippen LogP contribution is -2.11. The highest BCUT2D eigenvalue weighted by atomic mass is 32.2. The molecule has 0 aliphatic heterocycles. The van der Waals surface area contributed by atoms with Gasteiger partial charge in [0.1, 0.15) is 0 Å². The number of sulfonamides is 1. The summed E-state index contributed by atoms with van der Waals surface area (Å²) >= 11 is 2.98. The third-order valence-electron chi connectivity index (χ3n) is 2.77. The second-order valence-corrected chi connectivity index (χ2v) is 8.37. The highest BCUT2D eigenvalue weighted by molar-refractivity contribution is 7.98. The van der Waals surface area contributed by atoms with Gasteiger partial charge in [-0.25, -0.2) is 13.4 Å². The van der Waals surface area contributed by atoms with Crippen LogP contribution in [0.25, 0.3) is 11.3 Å². The van der Waals surface area contributed by atoms with Crippen molar-refractivity contribution in [2.75, 3.05) is 28.3 Å². The van der Waals surface area contributed by atoms with Gasteiger partial charge in [-0.05, 0) is 18.4 Å². The molecule has 0 aliphatic rings. The van der Waals surface area contributed by atoms with Crippen LogP contribution in [0.5, 0.6) is 0 Å². The van der Waals surface area contributed by atoms with Gasteiger partial charge in [-0.15, -0.1) is 11.3 Å². The third kappa shape index (κ3) is 5.85. The highest BCUT2D eigenvalue weighted by Crippen LogP contribution is 2.26. The smallest absolute Gasteiger partial charge is 0.229 e. The lowest BCUT2D eigenvalue weighted by molar-refractivity contribution is -0.115. The third-order valence-corrected chi connectivity index (χ3v) is 4.74. The van der Waals surface area contributed by atoms with Crippen LogP contribution in [0.15, 0.2) is 29.6 Å². The number of hydrogen-bond donors (Lipinski definition) is 2. The number of aromatic nitrogens is 1. The van der Waals surface area contributed by atoms with Crippen LogP contribution >= 0.6 is 23.1 Å². The van der Waals surface area contributed by atoms with Gasteiger partial charge in [0, 0.05) is 28.8 Å². The number of thiazole rings is 1. The van der Waals surface area contributed by atoms with E-state index in [4.69, 9.17) is 0 Å². The van der Waals surface area contributed by atoms with Crippen molar-refractivity contribution < 1.29 is 13.2 Å². The lowest BCUT2D eigenvalue weighted by Gasteiger charge is -2.04. The fourth-order valence-electron chi connectivity index (χ4n) is 1.76. The fraction of sp³-hybridized carbons (Fsp3) is 0.286. The predicted octanol–water partition coefficient (Wildman–Crippen LogP) is 2.87. The van der Waals surface area contributed by atoms with Crippen molar-refractivity contribution in [3.8, 4) is 11.3 Å². The van der Waals surface area contributed by atoms with E-state index in [1.54, 1.807) is 36.0 Å². The van der Waals surface area contributed by atoms with Gasteiger partial charge in [0.2, 0.25) is 15.9 Å². The zero-order valence-corrected chi connectivity index (χ0v) is 15.1. The summed E-state index contributed by atoms with van der Waals surface area (Å²) in [5.74, 6) is 0.728. The van der Waals surface area contributed by atoms with Crippen molar-refractivity contribution in [1.29, 1.82) is 0 Å². The minimum absolute atomic E-state index is 0.0482. The molecule has 2 rings (SSSR count). The summed E-state index contributed by atoms with van der Waals surface area (Å²) in [6.45, 7) is 0. The van der Waals surface area contributed by atoms with Crippen molar-refractivity contribution in [2.45, 2.75) is 6.42 Å². The topological polar surface area (TPSA) is 88.2 Å². The molecule has 0 unspecified atom stereocenters. The van der Waals surface area contributed by atoms with Crippen LogP contribution in [0.3, 0.4) is 0 Å². The van der Waals surface area contributed by atoms with Crippen LogP contribution in [0, 0.1) is 0 Å². The number of anilines is 2. The number of nitrogens with zero attached hydrogens (tertiary/aromatic N) is 1. The van der Waals surface area contributed by atoms with Crippen molar-refractivity contribution in [3.05, 3.63) is 29.6 Å². The minimum atomic E-state index is -3.28. The van der Waals surface area contributed by atoms with E-state index < -0.39 is 10.0 Å². The predicted molar refractivity (Wildman–Crippen MR) is 97.6 cm³/mol. The van der Waals surface area contributed by atoms with E-state index in [2.05, 4.69) is 15.0 Å². The summed E-state index contributed by atoms with van der Waals surface area (Å²) in [6.07, 6.45) is 3.52. The SMILES string of the molecule is CSCCC(=O)Nc1nc(-c2ccc(NS(C)(=O)=O)cc2)cs1. The molecule has 6 nitrogen and oxygen atoms in total. The van der Waals surface area contributed by atoms with Crippen LogP contribution in [-0.4, -0.2) is 37.6 Å². The summed E-state index contributed by atoms with van der Waals surface area (Å²) < 4.78 is 24.8. The Labute approximate surface area is 143 Å². The Balaban J connectivity index is 2.04.